The van der Waals surface area contributed by atoms with E-state index in [1.165, 1.54) is 0 Å². The first-order valence-electron chi connectivity index (χ1n) is 5.01. The highest BCUT2D eigenvalue weighted by atomic mass is 35.5. The van der Waals surface area contributed by atoms with E-state index < -0.39 is 18.0 Å². The van der Waals surface area contributed by atoms with Gasteiger partial charge in [-0.25, -0.2) is 0 Å². The minimum atomic E-state index is -1.02. The van der Waals surface area contributed by atoms with Crippen LogP contribution in [0.3, 0.4) is 0 Å². The smallest absolute Gasteiger partial charge is 0.324 e. The summed E-state index contributed by atoms with van der Waals surface area (Å²) >= 11 is 0. The van der Waals surface area contributed by atoms with Crippen molar-refractivity contribution in [3.8, 4) is 0 Å². The van der Waals surface area contributed by atoms with E-state index in [2.05, 4.69) is 5.32 Å². The molecule has 0 aliphatic carbocycles. The van der Waals surface area contributed by atoms with Gasteiger partial charge in [-0.2, -0.15) is 0 Å². The Hall–Kier alpha value is -0.810. The molecule has 0 unspecified atom stereocenters. The van der Waals surface area contributed by atoms with Gasteiger partial charge in [0.25, 0.3) is 0 Å². The topological polar surface area (TPSA) is 75.6 Å². The molecule has 0 aromatic heterocycles. The predicted octanol–water partition coefficient (Wildman–Crippen LogP) is 1.20. The first kappa shape index (κ1) is 17.6. The summed E-state index contributed by atoms with van der Waals surface area (Å²) in [6, 6.07) is -0.737. The summed E-state index contributed by atoms with van der Waals surface area (Å²) in [5, 5.41) is 11.5. The van der Waals surface area contributed by atoms with E-state index in [9.17, 15) is 9.59 Å². The van der Waals surface area contributed by atoms with Crippen LogP contribution >= 0.6 is 12.4 Å². The molecule has 2 N–H and O–H groups in total. The number of carbonyl (C=O) groups excluding carboxylic acids is 1. The normalized spacial score (nSPS) is 12.1. The molecule has 0 saturated carbocycles. The van der Waals surface area contributed by atoms with Crippen molar-refractivity contribution < 1.29 is 19.4 Å². The van der Waals surface area contributed by atoms with Crippen LogP contribution in [0, 0.1) is 0 Å². The summed E-state index contributed by atoms with van der Waals surface area (Å²) in [5.74, 6) is -1.53. The number of nitrogens with one attached hydrogen (secondary N) is 1. The number of halogens is 1. The average molecular weight is 254 g/mol. The number of carboxylic acid groups (broad SMARTS) is 1. The van der Waals surface area contributed by atoms with Crippen molar-refractivity contribution >= 4 is 24.3 Å². The average Bonchev–Trinajstić information content (AvgIpc) is 1.99. The van der Waals surface area contributed by atoms with Gasteiger partial charge in [0, 0.05) is 6.04 Å². The first-order valence-corrected chi connectivity index (χ1v) is 5.01. The van der Waals surface area contributed by atoms with Crippen molar-refractivity contribution in [2.24, 2.45) is 0 Å². The second-order valence-electron chi connectivity index (χ2n) is 3.96. The Morgan fingerprint density at radius 3 is 2.06 bits per heavy atom. The van der Waals surface area contributed by atoms with Crippen LogP contribution in [0.5, 0.6) is 0 Å². The van der Waals surface area contributed by atoms with E-state index in [1.807, 2.05) is 13.8 Å². The number of esters is 1. The second-order valence-corrected chi connectivity index (χ2v) is 3.96. The summed E-state index contributed by atoms with van der Waals surface area (Å²) in [6.45, 7) is 7.14. The van der Waals surface area contributed by atoms with E-state index in [4.69, 9.17) is 9.84 Å². The number of carbonyl (C=O) groups is 2. The number of ether oxygens (including phenoxy) is 1. The van der Waals surface area contributed by atoms with E-state index in [0.717, 1.165) is 0 Å². The van der Waals surface area contributed by atoms with Crippen LogP contribution in [0.25, 0.3) is 0 Å². The summed E-state index contributed by atoms with van der Waals surface area (Å²) in [7, 11) is 0. The molecule has 16 heavy (non-hydrogen) atoms. The lowest BCUT2D eigenvalue weighted by Crippen LogP contribution is -2.44. The van der Waals surface area contributed by atoms with Crippen LogP contribution in [-0.2, 0) is 14.3 Å². The van der Waals surface area contributed by atoms with Crippen molar-refractivity contribution in [2.45, 2.75) is 52.3 Å². The Morgan fingerprint density at radius 2 is 1.75 bits per heavy atom. The quantitative estimate of drug-likeness (QED) is 0.696. The lowest BCUT2D eigenvalue weighted by molar-refractivity contribution is -0.153. The molecule has 0 aromatic rings. The minimum absolute atomic E-state index is 0. The lowest BCUT2D eigenvalue weighted by atomic mass is 10.2. The maximum absolute atomic E-state index is 11.5. The predicted molar refractivity (Wildman–Crippen MR) is 62.8 cm³/mol. The number of carboxylic acids is 1. The van der Waals surface area contributed by atoms with Crippen LogP contribution in [0.15, 0.2) is 0 Å². The van der Waals surface area contributed by atoms with Crippen LogP contribution in [-0.4, -0.2) is 35.2 Å². The van der Waals surface area contributed by atoms with Gasteiger partial charge >= 0.3 is 11.9 Å². The molecule has 5 nitrogen and oxygen atoms in total. The fourth-order valence-electron chi connectivity index (χ4n) is 1.10. The van der Waals surface area contributed by atoms with Gasteiger partial charge < -0.3 is 15.2 Å². The molecule has 0 bridgehead atoms. The molecule has 0 fully saturated rings. The maximum atomic E-state index is 11.5. The van der Waals surface area contributed by atoms with Gasteiger partial charge in [0.15, 0.2) is 0 Å². The third-order valence-electron chi connectivity index (χ3n) is 1.55. The molecule has 0 radical (unpaired) electrons. The Labute approximate surface area is 102 Å². The minimum Gasteiger partial charge on any atom is -0.481 e. The van der Waals surface area contributed by atoms with E-state index >= 15 is 0 Å². The monoisotopic (exact) mass is 253 g/mol. The van der Waals surface area contributed by atoms with E-state index in [-0.39, 0.29) is 31.0 Å². The number of aliphatic carboxylic acids is 1. The van der Waals surface area contributed by atoms with Crippen molar-refractivity contribution in [3.05, 3.63) is 0 Å². The molecule has 0 aliphatic rings. The van der Waals surface area contributed by atoms with Crippen LogP contribution in [0.1, 0.15) is 34.1 Å². The molecular formula is C10H20ClNO4. The van der Waals surface area contributed by atoms with Crippen molar-refractivity contribution in [2.75, 3.05) is 0 Å². The van der Waals surface area contributed by atoms with Gasteiger partial charge in [-0.05, 0) is 13.8 Å². The first-order chi connectivity index (χ1) is 6.82. The van der Waals surface area contributed by atoms with Crippen LogP contribution in [0.2, 0.25) is 0 Å². The maximum Gasteiger partial charge on any atom is 0.324 e. The van der Waals surface area contributed by atoms with Crippen molar-refractivity contribution in [1.82, 2.24) is 5.32 Å². The third-order valence-corrected chi connectivity index (χ3v) is 1.55. The van der Waals surface area contributed by atoms with Gasteiger partial charge in [-0.3, -0.25) is 9.59 Å². The molecule has 0 heterocycles. The summed E-state index contributed by atoms with van der Waals surface area (Å²) < 4.78 is 4.95. The van der Waals surface area contributed by atoms with E-state index in [1.54, 1.807) is 13.8 Å². The third kappa shape index (κ3) is 8.49. The van der Waals surface area contributed by atoms with Gasteiger partial charge in [0.2, 0.25) is 0 Å². The molecule has 0 spiro atoms. The second kappa shape index (κ2) is 8.35. The molecule has 0 aromatic carbocycles. The number of hydrogen-bond acceptors (Lipinski definition) is 4. The Morgan fingerprint density at radius 1 is 1.25 bits per heavy atom. The van der Waals surface area contributed by atoms with E-state index in [0.29, 0.717) is 0 Å². The van der Waals surface area contributed by atoms with Crippen molar-refractivity contribution in [3.63, 3.8) is 0 Å². The molecule has 1 atom stereocenters. The zero-order valence-corrected chi connectivity index (χ0v) is 10.8. The zero-order valence-electron chi connectivity index (χ0n) is 10.0. The van der Waals surface area contributed by atoms with Crippen LogP contribution in [0.4, 0.5) is 0 Å². The lowest BCUT2D eigenvalue weighted by Gasteiger charge is -2.19. The van der Waals surface area contributed by atoms with Gasteiger partial charge in [-0.15, -0.1) is 12.4 Å². The summed E-state index contributed by atoms with van der Waals surface area (Å²) in [6.07, 6.45) is -0.494. The Kier molecular flexibility index (Phi) is 9.18. The van der Waals surface area contributed by atoms with Gasteiger partial charge in [0.1, 0.15) is 6.04 Å². The molecule has 0 saturated heterocycles. The molecule has 6 heteroatoms. The molecule has 0 amide bonds. The zero-order chi connectivity index (χ0) is 12.0. The highest BCUT2D eigenvalue weighted by molar-refractivity contribution is 5.85. The molecule has 0 rings (SSSR count). The number of hydrogen-bond donors (Lipinski definition) is 2. The fourth-order valence-corrected chi connectivity index (χ4v) is 1.10. The summed E-state index contributed by atoms with van der Waals surface area (Å²) in [4.78, 5) is 22.0. The molecule has 0 aliphatic heterocycles. The van der Waals surface area contributed by atoms with Gasteiger partial charge in [0.05, 0.1) is 12.5 Å². The molecular weight excluding hydrogens is 234 g/mol. The number of rotatable bonds is 6. The SMILES string of the molecule is CC(C)N[C@@H](CC(=O)O)C(=O)OC(C)C.Cl. The van der Waals surface area contributed by atoms with Crippen molar-refractivity contribution in [1.29, 1.82) is 0 Å². The molecule has 96 valence electrons. The largest absolute Gasteiger partial charge is 0.481 e. The Balaban J connectivity index is 0. The van der Waals surface area contributed by atoms with Crippen LogP contribution < -0.4 is 5.32 Å². The standard InChI is InChI=1S/C10H19NO4.ClH/c1-6(2)11-8(5-9(12)13)10(14)15-7(3)4;/h6-8,11H,5H2,1-4H3,(H,12,13);1H/t8-;/m0./s1. The summed E-state index contributed by atoms with van der Waals surface area (Å²) in [5.41, 5.74) is 0. The highest BCUT2D eigenvalue weighted by Crippen LogP contribution is 2.01. The Bertz CT molecular complexity index is 231. The van der Waals surface area contributed by atoms with Gasteiger partial charge in [-0.1, -0.05) is 13.8 Å². The highest BCUT2D eigenvalue weighted by Gasteiger charge is 2.24. The fraction of sp³-hybridized carbons (Fsp3) is 0.800.